The van der Waals surface area contributed by atoms with Crippen molar-refractivity contribution in [1.29, 1.82) is 0 Å². The summed E-state index contributed by atoms with van der Waals surface area (Å²) in [6, 6.07) is 14.4. The van der Waals surface area contributed by atoms with Gasteiger partial charge >= 0.3 is 0 Å². The van der Waals surface area contributed by atoms with Crippen LogP contribution in [0.25, 0.3) is 0 Å². The molecule has 3 rings (SSSR count). The second-order valence-electron chi connectivity index (χ2n) is 5.34. The molecule has 0 unspecified atom stereocenters. The first-order valence-electron chi connectivity index (χ1n) is 7.30. The molecular weight excluding hydrogens is 291 g/mol. The van der Waals surface area contributed by atoms with Crippen molar-refractivity contribution in [2.24, 2.45) is 0 Å². The molecular formula is C18H17FN4. The average Bonchev–Trinajstić information content (AvgIpc) is 2.53. The quantitative estimate of drug-likeness (QED) is 0.732. The van der Waals surface area contributed by atoms with Crippen molar-refractivity contribution >= 4 is 23.0 Å². The molecule has 4 nitrogen and oxygen atoms in total. The fourth-order valence-electron chi connectivity index (χ4n) is 2.29. The second kappa shape index (κ2) is 6.44. The van der Waals surface area contributed by atoms with Crippen LogP contribution in [0, 0.1) is 19.7 Å². The molecule has 0 bridgehead atoms. The van der Waals surface area contributed by atoms with E-state index in [9.17, 15) is 4.39 Å². The molecule has 116 valence electrons. The molecule has 0 aliphatic heterocycles. The average molecular weight is 308 g/mol. The van der Waals surface area contributed by atoms with Crippen LogP contribution in [-0.4, -0.2) is 9.97 Å². The van der Waals surface area contributed by atoms with Crippen molar-refractivity contribution in [3.63, 3.8) is 0 Å². The number of nitrogens with one attached hydrogen (secondary N) is 2. The van der Waals surface area contributed by atoms with Gasteiger partial charge in [-0.1, -0.05) is 29.8 Å². The highest BCUT2D eigenvalue weighted by molar-refractivity contribution is 5.65. The number of aromatic nitrogens is 2. The Kier molecular flexibility index (Phi) is 4.19. The van der Waals surface area contributed by atoms with Crippen molar-refractivity contribution in [3.05, 3.63) is 71.8 Å². The Labute approximate surface area is 134 Å². The van der Waals surface area contributed by atoms with E-state index in [-0.39, 0.29) is 5.82 Å². The zero-order valence-corrected chi connectivity index (χ0v) is 13.0. The van der Waals surface area contributed by atoms with Crippen LogP contribution in [0.5, 0.6) is 0 Å². The Morgan fingerprint density at radius 1 is 0.826 bits per heavy atom. The first kappa shape index (κ1) is 15.0. The Bertz CT molecular complexity index is 833. The van der Waals surface area contributed by atoms with Crippen LogP contribution in [0.4, 0.5) is 27.4 Å². The number of hydrogen-bond acceptors (Lipinski definition) is 4. The van der Waals surface area contributed by atoms with Gasteiger partial charge in [-0.25, -0.2) is 14.4 Å². The predicted molar refractivity (Wildman–Crippen MR) is 90.9 cm³/mol. The number of aryl methyl sites for hydroxylation is 2. The van der Waals surface area contributed by atoms with Gasteiger partial charge in [0.15, 0.2) is 0 Å². The van der Waals surface area contributed by atoms with E-state index in [2.05, 4.69) is 33.6 Å². The highest BCUT2D eigenvalue weighted by atomic mass is 19.1. The molecule has 0 atom stereocenters. The van der Waals surface area contributed by atoms with E-state index in [4.69, 9.17) is 0 Å². The van der Waals surface area contributed by atoms with E-state index in [0.717, 1.165) is 11.3 Å². The maximum Gasteiger partial charge on any atom is 0.146 e. The summed E-state index contributed by atoms with van der Waals surface area (Å²) in [5.74, 6) is 0.846. The van der Waals surface area contributed by atoms with Crippen LogP contribution < -0.4 is 10.6 Å². The molecule has 3 aromatic rings. The summed E-state index contributed by atoms with van der Waals surface area (Å²) in [5, 5.41) is 6.21. The second-order valence-corrected chi connectivity index (χ2v) is 5.34. The molecule has 5 heteroatoms. The molecule has 23 heavy (non-hydrogen) atoms. The van der Waals surface area contributed by atoms with E-state index < -0.39 is 0 Å². The first-order valence-corrected chi connectivity index (χ1v) is 7.30. The molecule has 0 saturated heterocycles. The first-order chi connectivity index (χ1) is 11.1. The van der Waals surface area contributed by atoms with Crippen LogP contribution >= 0.6 is 0 Å². The van der Waals surface area contributed by atoms with Crippen LogP contribution in [0.2, 0.25) is 0 Å². The summed E-state index contributed by atoms with van der Waals surface area (Å²) in [6.45, 7) is 4.09. The fraction of sp³-hybridized carbons (Fsp3) is 0.111. The third-order valence-electron chi connectivity index (χ3n) is 3.45. The maximum atomic E-state index is 13.7. The van der Waals surface area contributed by atoms with E-state index in [1.54, 1.807) is 24.3 Å². The van der Waals surface area contributed by atoms with Gasteiger partial charge in [-0.05, 0) is 37.6 Å². The third kappa shape index (κ3) is 3.63. The Morgan fingerprint density at radius 2 is 1.52 bits per heavy atom. The van der Waals surface area contributed by atoms with E-state index >= 15 is 0 Å². The van der Waals surface area contributed by atoms with Gasteiger partial charge in [0.1, 0.15) is 23.8 Å². The largest absolute Gasteiger partial charge is 0.340 e. The van der Waals surface area contributed by atoms with Gasteiger partial charge in [0.05, 0.1) is 5.69 Å². The highest BCUT2D eigenvalue weighted by Crippen LogP contribution is 2.23. The van der Waals surface area contributed by atoms with Gasteiger partial charge in [-0.15, -0.1) is 0 Å². The molecule has 2 aromatic carbocycles. The summed E-state index contributed by atoms with van der Waals surface area (Å²) in [4.78, 5) is 8.33. The van der Waals surface area contributed by atoms with Gasteiger partial charge in [-0.2, -0.15) is 0 Å². The lowest BCUT2D eigenvalue weighted by Crippen LogP contribution is -2.00. The van der Waals surface area contributed by atoms with E-state index in [1.165, 1.54) is 18.0 Å². The van der Waals surface area contributed by atoms with Gasteiger partial charge in [-0.3, -0.25) is 0 Å². The third-order valence-corrected chi connectivity index (χ3v) is 3.45. The SMILES string of the molecule is Cc1ccc(Nc2cc(Nc3ccccc3F)ncn2)c(C)c1. The summed E-state index contributed by atoms with van der Waals surface area (Å²) < 4.78 is 13.7. The molecule has 0 fully saturated rings. The van der Waals surface area contributed by atoms with Crippen LogP contribution in [0.15, 0.2) is 54.9 Å². The zero-order chi connectivity index (χ0) is 16.2. The molecule has 1 aromatic heterocycles. The Balaban J connectivity index is 1.81. The van der Waals surface area contributed by atoms with Gasteiger partial charge in [0.2, 0.25) is 0 Å². The van der Waals surface area contributed by atoms with Crippen LogP contribution in [-0.2, 0) is 0 Å². The summed E-state index contributed by atoms with van der Waals surface area (Å²) in [6.07, 6.45) is 1.44. The van der Waals surface area contributed by atoms with Crippen molar-refractivity contribution in [1.82, 2.24) is 9.97 Å². The van der Waals surface area contributed by atoms with E-state index in [1.807, 2.05) is 19.1 Å². The lowest BCUT2D eigenvalue weighted by molar-refractivity contribution is 0.632. The summed E-state index contributed by atoms with van der Waals surface area (Å²) in [5.41, 5.74) is 3.69. The van der Waals surface area contributed by atoms with Crippen molar-refractivity contribution in [3.8, 4) is 0 Å². The van der Waals surface area contributed by atoms with Gasteiger partial charge in [0, 0.05) is 11.8 Å². The molecule has 0 radical (unpaired) electrons. The summed E-state index contributed by atoms with van der Waals surface area (Å²) >= 11 is 0. The fourth-order valence-corrected chi connectivity index (χ4v) is 2.29. The lowest BCUT2D eigenvalue weighted by atomic mass is 10.1. The topological polar surface area (TPSA) is 49.8 Å². The molecule has 0 aliphatic carbocycles. The van der Waals surface area contributed by atoms with E-state index in [0.29, 0.717) is 17.3 Å². The highest BCUT2D eigenvalue weighted by Gasteiger charge is 2.05. The molecule has 0 aliphatic rings. The lowest BCUT2D eigenvalue weighted by Gasteiger charge is -2.11. The zero-order valence-electron chi connectivity index (χ0n) is 13.0. The van der Waals surface area contributed by atoms with Gasteiger partial charge < -0.3 is 10.6 Å². The maximum absolute atomic E-state index is 13.7. The number of benzene rings is 2. The van der Waals surface area contributed by atoms with Crippen LogP contribution in [0.3, 0.4) is 0 Å². The molecule has 0 spiro atoms. The molecule has 2 N–H and O–H groups in total. The minimum absolute atomic E-state index is 0.324. The Morgan fingerprint density at radius 3 is 2.22 bits per heavy atom. The number of para-hydroxylation sites is 1. The monoisotopic (exact) mass is 308 g/mol. The Hall–Kier alpha value is -2.95. The number of nitrogens with zero attached hydrogens (tertiary/aromatic N) is 2. The molecule has 0 saturated carbocycles. The van der Waals surface area contributed by atoms with Crippen molar-refractivity contribution < 1.29 is 4.39 Å². The molecule has 0 amide bonds. The van der Waals surface area contributed by atoms with Crippen molar-refractivity contribution in [2.75, 3.05) is 10.6 Å². The predicted octanol–water partition coefficient (Wildman–Crippen LogP) is 4.72. The number of hydrogen-bond donors (Lipinski definition) is 2. The van der Waals surface area contributed by atoms with Crippen molar-refractivity contribution in [2.45, 2.75) is 13.8 Å². The number of halogens is 1. The minimum atomic E-state index is -0.324. The minimum Gasteiger partial charge on any atom is -0.340 e. The smallest absolute Gasteiger partial charge is 0.146 e. The number of rotatable bonds is 4. The standard InChI is InChI=1S/C18H17FN4/c1-12-7-8-15(13(2)9-12)22-17-10-18(21-11-20-17)23-16-6-4-3-5-14(16)19/h3-11H,1-2H3,(H2,20,21,22,23). The van der Waals surface area contributed by atoms with Crippen LogP contribution in [0.1, 0.15) is 11.1 Å². The van der Waals surface area contributed by atoms with Gasteiger partial charge in [0.25, 0.3) is 0 Å². The molecule has 1 heterocycles. The normalized spacial score (nSPS) is 10.4. The summed E-state index contributed by atoms with van der Waals surface area (Å²) in [7, 11) is 0. The number of anilines is 4.